The molecule has 0 spiro atoms. The zero-order chi connectivity index (χ0) is 19.8. The Hall–Kier alpha value is -2.52. The molecule has 1 saturated heterocycles. The summed E-state index contributed by atoms with van der Waals surface area (Å²) in [6.07, 6.45) is 2.76. The first-order valence-corrected chi connectivity index (χ1v) is 9.20. The number of hydrogen-bond donors (Lipinski definition) is 2. The number of carbonyl (C=O) groups is 2. The lowest BCUT2D eigenvalue weighted by molar-refractivity contribution is -0.138. The van der Waals surface area contributed by atoms with Crippen molar-refractivity contribution in [1.82, 2.24) is 5.32 Å². The van der Waals surface area contributed by atoms with Gasteiger partial charge in [-0.1, -0.05) is 36.0 Å². The third-order valence-electron chi connectivity index (χ3n) is 3.17. The van der Waals surface area contributed by atoms with Crippen molar-refractivity contribution in [3.05, 3.63) is 35.4 Å². The van der Waals surface area contributed by atoms with Gasteiger partial charge in [-0.05, 0) is 19.1 Å². The molecule has 10 heteroatoms. The highest BCUT2D eigenvalue weighted by Gasteiger charge is 2.32. The van der Waals surface area contributed by atoms with Gasteiger partial charge in [-0.2, -0.15) is 5.10 Å². The van der Waals surface area contributed by atoms with Gasteiger partial charge < -0.3 is 19.9 Å². The first-order chi connectivity index (χ1) is 12.9. The normalized spacial score (nSPS) is 17.9. The van der Waals surface area contributed by atoms with E-state index in [1.54, 1.807) is 18.2 Å². The molecule has 2 rings (SSSR count). The van der Waals surface area contributed by atoms with E-state index in [1.807, 2.05) is 6.92 Å². The van der Waals surface area contributed by atoms with Crippen molar-refractivity contribution in [2.24, 2.45) is 10.2 Å². The standard InChI is InChI=1S/C17H18ClN3O5S/c1-3-5-26-15-11(18)6-10(7-12(15)25-4-2)9-19-21-17-20-16(24)13(27-17)8-14(22)23/h3,6-7,9,13H,1,4-5,8H2,2H3,(H,22,23)(H,20,21,24). The number of carboxylic acids is 1. The highest BCUT2D eigenvalue weighted by Crippen LogP contribution is 2.36. The Balaban J connectivity index is 2.13. The average molecular weight is 412 g/mol. The van der Waals surface area contributed by atoms with Crippen LogP contribution in [0.3, 0.4) is 0 Å². The Labute approximate surface area is 165 Å². The molecule has 1 aromatic rings. The molecule has 1 amide bonds. The minimum Gasteiger partial charge on any atom is -0.490 e. The maximum Gasteiger partial charge on any atom is 0.305 e. The van der Waals surface area contributed by atoms with Gasteiger partial charge >= 0.3 is 5.97 Å². The van der Waals surface area contributed by atoms with E-state index in [2.05, 4.69) is 22.1 Å². The van der Waals surface area contributed by atoms with Crippen molar-refractivity contribution in [2.45, 2.75) is 18.6 Å². The lowest BCUT2D eigenvalue weighted by Crippen LogP contribution is -2.26. The lowest BCUT2D eigenvalue weighted by Gasteiger charge is -2.13. The second-order valence-corrected chi connectivity index (χ2v) is 6.80. The molecular weight excluding hydrogens is 394 g/mol. The van der Waals surface area contributed by atoms with Crippen LogP contribution >= 0.6 is 23.4 Å². The number of rotatable bonds is 9. The first kappa shape index (κ1) is 20.8. The van der Waals surface area contributed by atoms with E-state index in [0.717, 1.165) is 11.8 Å². The molecular formula is C17H18ClN3O5S. The summed E-state index contributed by atoms with van der Waals surface area (Å²) in [4.78, 5) is 22.4. The van der Waals surface area contributed by atoms with E-state index >= 15 is 0 Å². The van der Waals surface area contributed by atoms with E-state index < -0.39 is 17.1 Å². The number of benzene rings is 1. The van der Waals surface area contributed by atoms with Gasteiger partial charge in [0.2, 0.25) is 5.91 Å². The van der Waals surface area contributed by atoms with Crippen molar-refractivity contribution >= 4 is 46.6 Å². The summed E-state index contributed by atoms with van der Waals surface area (Å²) in [7, 11) is 0. The van der Waals surface area contributed by atoms with Gasteiger partial charge in [-0.25, -0.2) is 0 Å². The van der Waals surface area contributed by atoms with Crippen LogP contribution in [-0.4, -0.2) is 46.8 Å². The van der Waals surface area contributed by atoms with E-state index in [1.165, 1.54) is 6.21 Å². The molecule has 0 saturated carbocycles. The minimum atomic E-state index is -1.05. The van der Waals surface area contributed by atoms with Gasteiger partial charge in [-0.3, -0.25) is 9.59 Å². The van der Waals surface area contributed by atoms with Crippen LogP contribution in [-0.2, 0) is 9.59 Å². The molecule has 0 bridgehead atoms. The van der Waals surface area contributed by atoms with Gasteiger partial charge in [0.05, 0.1) is 24.3 Å². The second-order valence-electron chi connectivity index (χ2n) is 5.21. The maximum absolute atomic E-state index is 11.7. The summed E-state index contributed by atoms with van der Waals surface area (Å²) in [5.74, 6) is -0.575. The Morgan fingerprint density at radius 1 is 1.48 bits per heavy atom. The number of nitrogens with one attached hydrogen (secondary N) is 1. The molecule has 1 unspecified atom stereocenters. The number of halogens is 1. The van der Waals surface area contributed by atoms with Gasteiger partial charge in [-0.15, -0.1) is 5.10 Å². The number of carbonyl (C=O) groups excluding carboxylic acids is 1. The minimum absolute atomic E-state index is 0.240. The molecule has 0 radical (unpaired) electrons. The highest BCUT2D eigenvalue weighted by molar-refractivity contribution is 8.15. The largest absolute Gasteiger partial charge is 0.490 e. The zero-order valence-corrected chi connectivity index (χ0v) is 16.0. The van der Waals surface area contributed by atoms with Crippen molar-refractivity contribution in [3.8, 4) is 11.5 Å². The van der Waals surface area contributed by atoms with Crippen LogP contribution < -0.4 is 14.8 Å². The number of ether oxygens (including phenoxy) is 2. The van der Waals surface area contributed by atoms with Crippen molar-refractivity contribution < 1.29 is 24.2 Å². The fourth-order valence-electron chi connectivity index (χ4n) is 2.10. The quantitative estimate of drug-likeness (QED) is 0.367. The number of hydrogen-bond acceptors (Lipinski definition) is 7. The second kappa shape index (κ2) is 9.98. The summed E-state index contributed by atoms with van der Waals surface area (Å²) in [6.45, 7) is 6.15. The number of nitrogens with zero attached hydrogens (tertiary/aromatic N) is 2. The zero-order valence-electron chi connectivity index (χ0n) is 14.5. The molecule has 144 valence electrons. The molecule has 27 heavy (non-hydrogen) atoms. The molecule has 0 aromatic heterocycles. The molecule has 1 aliphatic rings. The number of carboxylic acid groups (broad SMARTS) is 1. The van der Waals surface area contributed by atoms with Gasteiger partial charge in [0, 0.05) is 5.56 Å². The Kier molecular flexibility index (Phi) is 7.68. The molecule has 8 nitrogen and oxygen atoms in total. The third-order valence-corrected chi connectivity index (χ3v) is 4.52. The summed E-state index contributed by atoms with van der Waals surface area (Å²) in [5.41, 5.74) is 0.621. The summed E-state index contributed by atoms with van der Waals surface area (Å²) in [6, 6.07) is 3.34. The monoisotopic (exact) mass is 411 g/mol. The predicted octanol–water partition coefficient (Wildman–Crippen LogP) is 2.70. The van der Waals surface area contributed by atoms with Crippen LogP contribution in [0.1, 0.15) is 18.9 Å². The SMILES string of the molecule is C=CCOc1c(Cl)cc(C=NN=C2NC(=O)C(CC(=O)O)S2)cc1OCC. The molecule has 2 N–H and O–H groups in total. The van der Waals surface area contributed by atoms with Crippen molar-refractivity contribution in [2.75, 3.05) is 13.2 Å². The molecule has 1 heterocycles. The maximum atomic E-state index is 11.7. The highest BCUT2D eigenvalue weighted by atomic mass is 35.5. The molecule has 1 atom stereocenters. The summed E-state index contributed by atoms with van der Waals surface area (Å²) in [5, 5.41) is 19.0. The van der Waals surface area contributed by atoms with Gasteiger partial charge in [0.1, 0.15) is 11.9 Å². The van der Waals surface area contributed by atoms with Crippen LogP contribution in [0.4, 0.5) is 0 Å². The molecule has 1 aromatic carbocycles. The fourth-order valence-corrected chi connectivity index (χ4v) is 3.29. The van der Waals surface area contributed by atoms with E-state index in [9.17, 15) is 9.59 Å². The number of aliphatic carboxylic acids is 1. The van der Waals surface area contributed by atoms with E-state index in [0.29, 0.717) is 28.7 Å². The van der Waals surface area contributed by atoms with Crippen LogP contribution in [0.5, 0.6) is 11.5 Å². The smallest absolute Gasteiger partial charge is 0.305 e. The first-order valence-electron chi connectivity index (χ1n) is 7.95. The van der Waals surface area contributed by atoms with E-state index in [-0.39, 0.29) is 18.2 Å². The average Bonchev–Trinajstić information content (AvgIpc) is 2.93. The number of thioether (sulfide) groups is 1. The van der Waals surface area contributed by atoms with Crippen molar-refractivity contribution in [3.63, 3.8) is 0 Å². The van der Waals surface area contributed by atoms with Crippen LogP contribution in [0.2, 0.25) is 5.02 Å². The van der Waals surface area contributed by atoms with Crippen LogP contribution in [0.15, 0.2) is 35.0 Å². The number of amidine groups is 1. The summed E-state index contributed by atoms with van der Waals surface area (Å²) < 4.78 is 11.1. The van der Waals surface area contributed by atoms with E-state index in [4.69, 9.17) is 26.2 Å². The molecule has 1 aliphatic heterocycles. The van der Waals surface area contributed by atoms with Crippen LogP contribution in [0.25, 0.3) is 0 Å². The van der Waals surface area contributed by atoms with Crippen LogP contribution in [0, 0.1) is 0 Å². The topological polar surface area (TPSA) is 110 Å². The van der Waals surface area contributed by atoms with Gasteiger partial charge in [0.15, 0.2) is 16.7 Å². The Morgan fingerprint density at radius 3 is 2.93 bits per heavy atom. The lowest BCUT2D eigenvalue weighted by atomic mass is 10.2. The molecule has 1 fully saturated rings. The Bertz CT molecular complexity index is 797. The summed E-state index contributed by atoms with van der Waals surface area (Å²) >= 11 is 7.27. The third kappa shape index (κ3) is 6.00. The molecule has 0 aliphatic carbocycles. The van der Waals surface area contributed by atoms with Crippen molar-refractivity contribution in [1.29, 1.82) is 0 Å². The fraction of sp³-hybridized carbons (Fsp3) is 0.294. The number of amides is 1. The van der Waals surface area contributed by atoms with Gasteiger partial charge in [0.25, 0.3) is 0 Å². The Morgan fingerprint density at radius 2 is 2.26 bits per heavy atom. The predicted molar refractivity (Wildman–Crippen MR) is 105 cm³/mol.